The second kappa shape index (κ2) is 9.42. The Kier molecular flexibility index (Phi) is 6.38. The molecular formula is C27H24N2O6. The maximum absolute atomic E-state index is 12.6. The standard InChI is InChI=1S/C27H24N2O6/c1-27(2,3)34-26(33)28-16-17-7-6-8-20(15-17)18-11-13-19(14-12-18)25(32)35-29-23(30)21-9-4-5-10-22(21)24(29)31/h4-15H,16H2,1-3H3,(H,28,33). The molecule has 178 valence electrons. The van der Waals surface area contributed by atoms with Gasteiger partial charge in [-0.1, -0.05) is 47.5 Å². The van der Waals surface area contributed by atoms with Gasteiger partial charge in [0.05, 0.1) is 16.7 Å². The van der Waals surface area contributed by atoms with E-state index in [1.54, 1.807) is 57.2 Å². The monoisotopic (exact) mass is 472 g/mol. The third kappa shape index (κ3) is 5.38. The van der Waals surface area contributed by atoms with Crippen molar-refractivity contribution in [3.05, 3.63) is 95.1 Å². The first-order valence-corrected chi connectivity index (χ1v) is 11.0. The summed E-state index contributed by atoms with van der Waals surface area (Å²) in [6.45, 7) is 5.69. The predicted molar refractivity (Wildman–Crippen MR) is 127 cm³/mol. The van der Waals surface area contributed by atoms with E-state index in [0.29, 0.717) is 11.6 Å². The van der Waals surface area contributed by atoms with Crippen LogP contribution in [0.1, 0.15) is 57.4 Å². The molecule has 3 amide bonds. The molecule has 1 aliphatic rings. The van der Waals surface area contributed by atoms with Crippen molar-refractivity contribution in [3.8, 4) is 11.1 Å². The van der Waals surface area contributed by atoms with Gasteiger partial charge in [0, 0.05) is 6.54 Å². The van der Waals surface area contributed by atoms with Gasteiger partial charge in [-0.05, 0) is 67.8 Å². The van der Waals surface area contributed by atoms with E-state index in [2.05, 4.69) is 5.32 Å². The Morgan fingerprint density at radius 2 is 1.46 bits per heavy atom. The Labute approximate surface area is 202 Å². The number of nitrogens with one attached hydrogen (secondary N) is 1. The third-order valence-electron chi connectivity index (χ3n) is 5.15. The maximum Gasteiger partial charge on any atom is 0.407 e. The molecule has 8 nitrogen and oxygen atoms in total. The summed E-state index contributed by atoms with van der Waals surface area (Å²) in [6.07, 6.45) is -0.496. The normalized spacial score (nSPS) is 12.8. The van der Waals surface area contributed by atoms with Gasteiger partial charge in [-0.2, -0.15) is 0 Å². The van der Waals surface area contributed by atoms with Crippen molar-refractivity contribution >= 4 is 23.9 Å². The lowest BCUT2D eigenvalue weighted by atomic mass is 10.0. The van der Waals surface area contributed by atoms with E-state index in [4.69, 9.17) is 9.57 Å². The first-order chi connectivity index (χ1) is 16.6. The molecule has 0 bridgehead atoms. The van der Waals surface area contributed by atoms with E-state index in [1.807, 2.05) is 24.3 Å². The van der Waals surface area contributed by atoms with Gasteiger partial charge in [0.15, 0.2) is 0 Å². The number of imide groups is 1. The Morgan fingerprint density at radius 1 is 0.829 bits per heavy atom. The van der Waals surface area contributed by atoms with Crippen LogP contribution in [0.4, 0.5) is 4.79 Å². The highest BCUT2D eigenvalue weighted by molar-refractivity contribution is 6.21. The Bertz CT molecular complexity index is 1270. The minimum Gasteiger partial charge on any atom is -0.444 e. The number of carbonyl (C=O) groups excluding carboxylic acids is 4. The van der Waals surface area contributed by atoms with E-state index in [9.17, 15) is 19.2 Å². The molecule has 0 saturated carbocycles. The average molecular weight is 472 g/mol. The number of hydrogen-bond acceptors (Lipinski definition) is 6. The van der Waals surface area contributed by atoms with Gasteiger partial charge in [-0.15, -0.1) is 0 Å². The predicted octanol–water partition coefficient (Wildman–Crippen LogP) is 4.75. The van der Waals surface area contributed by atoms with Gasteiger partial charge >= 0.3 is 12.1 Å². The van der Waals surface area contributed by atoms with Crippen LogP contribution in [0, 0.1) is 0 Å². The summed E-state index contributed by atoms with van der Waals surface area (Å²) in [5, 5.41) is 3.21. The molecule has 0 unspecified atom stereocenters. The molecule has 8 heteroatoms. The molecule has 0 spiro atoms. The lowest BCUT2D eigenvalue weighted by Crippen LogP contribution is -2.32. The van der Waals surface area contributed by atoms with Crippen molar-refractivity contribution in [1.82, 2.24) is 10.4 Å². The molecule has 3 aromatic rings. The van der Waals surface area contributed by atoms with Crippen LogP contribution in [-0.2, 0) is 16.1 Å². The molecule has 0 aromatic heterocycles. The second-order valence-corrected chi connectivity index (χ2v) is 8.96. The average Bonchev–Trinajstić information content (AvgIpc) is 3.07. The topological polar surface area (TPSA) is 102 Å². The van der Waals surface area contributed by atoms with Gasteiger partial charge in [0.25, 0.3) is 11.8 Å². The SMILES string of the molecule is CC(C)(C)OC(=O)NCc1cccc(-c2ccc(C(=O)ON3C(=O)c4ccccc4C3=O)cc2)c1. The molecule has 3 aromatic carbocycles. The zero-order valence-electron chi connectivity index (χ0n) is 19.5. The summed E-state index contributed by atoms with van der Waals surface area (Å²) in [6, 6.07) is 20.5. The number of carbonyl (C=O) groups is 4. The van der Waals surface area contributed by atoms with Crippen molar-refractivity contribution in [2.24, 2.45) is 0 Å². The summed E-state index contributed by atoms with van der Waals surface area (Å²) in [5.41, 5.74) is 2.60. The molecule has 1 aliphatic heterocycles. The number of hydrogen-bond donors (Lipinski definition) is 1. The molecule has 0 fully saturated rings. The molecule has 35 heavy (non-hydrogen) atoms. The van der Waals surface area contributed by atoms with Crippen molar-refractivity contribution in [3.63, 3.8) is 0 Å². The number of alkyl carbamates (subject to hydrolysis) is 1. The van der Waals surface area contributed by atoms with Crippen molar-refractivity contribution in [1.29, 1.82) is 0 Å². The lowest BCUT2D eigenvalue weighted by molar-refractivity contribution is -0.0584. The Hall–Kier alpha value is -4.46. The van der Waals surface area contributed by atoms with E-state index in [1.165, 1.54) is 12.1 Å². The van der Waals surface area contributed by atoms with Crippen LogP contribution in [0.5, 0.6) is 0 Å². The van der Waals surface area contributed by atoms with Crippen LogP contribution in [0.3, 0.4) is 0 Å². The van der Waals surface area contributed by atoms with Crippen LogP contribution >= 0.6 is 0 Å². The minimum absolute atomic E-state index is 0.188. The van der Waals surface area contributed by atoms with E-state index in [0.717, 1.165) is 16.7 Å². The number of fused-ring (bicyclic) bond motifs is 1. The summed E-state index contributed by atoms with van der Waals surface area (Å²) in [5.74, 6) is -2.17. The van der Waals surface area contributed by atoms with Crippen molar-refractivity contribution in [2.75, 3.05) is 0 Å². The maximum atomic E-state index is 12.6. The molecule has 0 saturated heterocycles. The fourth-order valence-electron chi connectivity index (χ4n) is 3.53. The molecule has 0 atom stereocenters. The number of nitrogens with zero attached hydrogens (tertiary/aromatic N) is 1. The number of amides is 3. The Balaban J connectivity index is 1.41. The van der Waals surface area contributed by atoms with Crippen molar-refractivity contribution < 1.29 is 28.8 Å². The summed E-state index contributed by atoms with van der Waals surface area (Å²) in [4.78, 5) is 54.4. The lowest BCUT2D eigenvalue weighted by Gasteiger charge is -2.19. The highest BCUT2D eigenvalue weighted by Gasteiger charge is 2.38. The van der Waals surface area contributed by atoms with Gasteiger partial charge < -0.3 is 14.9 Å². The van der Waals surface area contributed by atoms with Crippen LogP contribution < -0.4 is 5.32 Å². The molecule has 4 rings (SSSR count). The quantitative estimate of drug-likeness (QED) is 0.538. The third-order valence-corrected chi connectivity index (χ3v) is 5.15. The second-order valence-electron chi connectivity index (χ2n) is 8.96. The molecule has 0 radical (unpaired) electrons. The summed E-state index contributed by atoms with van der Waals surface area (Å²) < 4.78 is 5.25. The van der Waals surface area contributed by atoms with Crippen LogP contribution in [-0.4, -0.2) is 34.5 Å². The Morgan fingerprint density at radius 3 is 2.06 bits per heavy atom. The highest BCUT2D eigenvalue weighted by atomic mass is 16.7. The molecule has 1 heterocycles. The largest absolute Gasteiger partial charge is 0.444 e. The van der Waals surface area contributed by atoms with Crippen LogP contribution in [0.2, 0.25) is 0 Å². The number of hydroxylamine groups is 2. The number of ether oxygens (including phenoxy) is 1. The first kappa shape index (κ1) is 23.7. The van der Waals surface area contributed by atoms with Crippen LogP contribution in [0.25, 0.3) is 11.1 Å². The fourth-order valence-corrected chi connectivity index (χ4v) is 3.53. The van der Waals surface area contributed by atoms with Crippen molar-refractivity contribution in [2.45, 2.75) is 32.9 Å². The van der Waals surface area contributed by atoms with Gasteiger partial charge in [-0.25, -0.2) is 9.59 Å². The number of rotatable bonds is 5. The molecule has 0 aliphatic carbocycles. The van der Waals surface area contributed by atoms with Gasteiger partial charge in [0.1, 0.15) is 5.60 Å². The molecular weight excluding hydrogens is 448 g/mol. The van der Waals surface area contributed by atoms with Gasteiger partial charge in [0.2, 0.25) is 0 Å². The first-order valence-electron chi connectivity index (χ1n) is 11.0. The summed E-state index contributed by atoms with van der Waals surface area (Å²) in [7, 11) is 0. The summed E-state index contributed by atoms with van der Waals surface area (Å²) >= 11 is 0. The highest BCUT2D eigenvalue weighted by Crippen LogP contribution is 2.25. The number of benzene rings is 3. The van der Waals surface area contributed by atoms with E-state index in [-0.39, 0.29) is 16.7 Å². The zero-order chi connectivity index (χ0) is 25.2. The van der Waals surface area contributed by atoms with Gasteiger partial charge in [-0.3, -0.25) is 9.59 Å². The zero-order valence-corrected chi connectivity index (χ0v) is 19.5. The molecule has 1 N–H and O–H groups in total. The smallest absolute Gasteiger partial charge is 0.407 e. The minimum atomic E-state index is -0.818. The van der Waals surface area contributed by atoms with Crippen LogP contribution in [0.15, 0.2) is 72.8 Å². The fraction of sp³-hybridized carbons (Fsp3) is 0.185. The van der Waals surface area contributed by atoms with E-state index >= 15 is 0 Å². The van der Waals surface area contributed by atoms with E-state index < -0.39 is 29.5 Å².